The first-order valence-corrected chi connectivity index (χ1v) is 5.48. The summed E-state index contributed by atoms with van der Waals surface area (Å²) in [4.78, 5) is 11.6. The molecule has 0 unspecified atom stereocenters. The van der Waals surface area contributed by atoms with Crippen LogP contribution < -0.4 is 0 Å². The molecule has 3 aliphatic rings. The molecule has 0 radical (unpaired) electrons. The summed E-state index contributed by atoms with van der Waals surface area (Å²) in [6.45, 7) is 0.500. The van der Waals surface area contributed by atoms with Crippen LogP contribution in [0.15, 0.2) is 11.8 Å². The van der Waals surface area contributed by atoms with E-state index in [4.69, 9.17) is 14.2 Å². The van der Waals surface area contributed by atoms with Gasteiger partial charge in [-0.15, -0.1) is 0 Å². The molecule has 2 heterocycles. The van der Waals surface area contributed by atoms with E-state index in [9.17, 15) is 9.90 Å². The van der Waals surface area contributed by atoms with Gasteiger partial charge in [0.05, 0.1) is 25.2 Å². The number of aliphatic hydroxyl groups is 1. The first kappa shape index (κ1) is 10.1. The summed E-state index contributed by atoms with van der Waals surface area (Å²) in [6, 6.07) is 0. The Morgan fingerprint density at radius 1 is 1.62 bits per heavy atom. The van der Waals surface area contributed by atoms with Crippen LogP contribution >= 0.6 is 0 Å². The summed E-state index contributed by atoms with van der Waals surface area (Å²) in [5.41, 5.74) is 0.519. The van der Waals surface area contributed by atoms with Crippen LogP contribution in [0.25, 0.3) is 0 Å². The maximum absolute atomic E-state index is 11.6. The van der Waals surface area contributed by atoms with Gasteiger partial charge in [-0.1, -0.05) is 0 Å². The fourth-order valence-corrected chi connectivity index (χ4v) is 3.16. The third kappa shape index (κ3) is 1.15. The minimum absolute atomic E-state index is 0.00120. The smallest absolute Gasteiger partial charge is 0.337 e. The summed E-state index contributed by atoms with van der Waals surface area (Å²) >= 11 is 0. The zero-order valence-corrected chi connectivity index (χ0v) is 9.01. The Morgan fingerprint density at radius 3 is 3.19 bits per heavy atom. The number of hydrogen-bond acceptors (Lipinski definition) is 5. The zero-order valence-electron chi connectivity index (χ0n) is 9.01. The molecule has 1 saturated heterocycles. The van der Waals surface area contributed by atoms with E-state index >= 15 is 0 Å². The lowest BCUT2D eigenvalue weighted by molar-refractivity contribution is -0.346. The van der Waals surface area contributed by atoms with Gasteiger partial charge in [-0.2, -0.15) is 0 Å². The SMILES string of the molecule is COC(=O)C1=CO[C@]2(O)OC[C@@H]3CC[C@H]1[C@@H]32. The van der Waals surface area contributed by atoms with Crippen LogP contribution in [0.1, 0.15) is 12.8 Å². The standard InChI is InChI=1S/C11H14O5/c1-14-10(12)8-5-16-11(13)9-6(4-15-11)2-3-7(8)9/h5-7,9,13H,2-4H2,1H3/t6-,7+,9+,11+/m0/s1. The Bertz CT molecular complexity index is 363. The molecule has 1 saturated carbocycles. The highest BCUT2D eigenvalue weighted by Crippen LogP contribution is 2.54. The third-order valence-corrected chi connectivity index (χ3v) is 3.89. The number of carbonyl (C=O) groups is 1. The number of carbonyl (C=O) groups excluding carboxylic acids is 1. The van der Waals surface area contributed by atoms with Crippen LogP contribution in [-0.4, -0.2) is 30.8 Å². The molecule has 4 atom stereocenters. The number of ether oxygens (including phenoxy) is 3. The van der Waals surface area contributed by atoms with Crippen molar-refractivity contribution in [2.75, 3.05) is 13.7 Å². The lowest BCUT2D eigenvalue weighted by atomic mass is 9.83. The molecular weight excluding hydrogens is 212 g/mol. The molecule has 16 heavy (non-hydrogen) atoms. The topological polar surface area (TPSA) is 65.0 Å². The Kier molecular flexibility index (Phi) is 2.03. The predicted molar refractivity (Wildman–Crippen MR) is 51.8 cm³/mol. The number of hydrogen-bond donors (Lipinski definition) is 1. The van der Waals surface area contributed by atoms with E-state index in [1.54, 1.807) is 0 Å². The van der Waals surface area contributed by atoms with Gasteiger partial charge in [-0.3, -0.25) is 0 Å². The van der Waals surface area contributed by atoms with Crippen molar-refractivity contribution in [2.24, 2.45) is 17.8 Å². The molecule has 2 fully saturated rings. The Morgan fingerprint density at radius 2 is 2.44 bits per heavy atom. The first-order valence-electron chi connectivity index (χ1n) is 5.48. The molecule has 0 aromatic carbocycles. The van der Waals surface area contributed by atoms with Gasteiger partial charge in [0.25, 0.3) is 0 Å². The Balaban J connectivity index is 1.96. The van der Waals surface area contributed by atoms with E-state index in [1.807, 2.05) is 0 Å². The molecule has 3 rings (SSSR count). The summed E-state index contributed by atoms with van der Waals surface area (Å²) in [6.07, 6.45) is 3.13. The van der Waals surface area contributed by atoms with Crippen molar-refractivity contribution in [3.05, 3.63) is 11.8 Å². The van der Waals surface area contributed by atoms with E-state index in [1.165, 1.54) is 13.4 Å². The van der Waals surface area contributed by atoms with Crippen LogP contribution in [-0.2, 0) is 19.0 Å². The molecule has 1 aliphatic carbocycles. The van der Waals surface area contributed by atoms with Crippen LogP contribution in [0.4, 0.5) is 0 Å². The summed E-state index contributed by atoms with van der Waals surface area (Å²) < 4.78 is 15.2. The average Bonchev–Trinajstić information content (AvgIpc) is 2.84. The molecule has 88 valence electrons. The summed E-state index contributed by atoms with van der Waals surface area (Å²) in [5, 5.41) is 10.1. The van der Waals surface area contributed by atoms with E-state index in [2.05, 4.69) is 0 Å². The quantitative estimate of drug-likeness (QED) is 0.655. The van der Waals surface area contributed by atoms with Crippen molar-refractivity contribution in [1.29, 1.82) is 0 Å². The van der Waals surface area contributed by atoms with Gasteiger partial charge in [-0.05, 0) is 18.8 Å². The molecule has 5 heteroatoms. The van der Waals surface area contributed by atoms with E-state index < -0.39 is 5.97 Å². The zero-order chi connectivity index (χ0) is 11.3. The van der Waals surface area contributed by atoms with Crippen LogP contribution in [0, 0.1) is 17.8 Å². The van der Waals surface area contributed by atoms with Crippen LogP contribution in [0.3, 0.4) is 0 Å². The van der Waals surface area contributed by atoms with Crippen molar-refractivity contribution >= 4 is 5.97 Å². The lowest BCUT2D eigenvalue weighted by Crippen LogP contribution is -2.44. The van der Waals surface area contributed by atoms with Crippen molar-refractivity contribution < 1.29 is 24.1 Å². The summed E-state index contributed by atoms with van der Waals surface area (Å²) in [5.74, 6) is -1.75. The van der Waals surface area contributed by atoms with Gasteiger partial charge in [0.1, 0.15) is 6.26 Å². The average molecular weight is 226 g/mol. The van der Waals surface area contributed by atoms with E-state index in [-0.39, 0.29) is 23.7 Å². The molecule has 0 amide bonds. The molecule has 1 N–H and O–H groups in total. The highest BCUT2D eigenvalue weighted by atomic mass is 16.8. The third-order valence-electron chi connectivity index (χ3n) is 3.89. The molecule has 0 aromatic heterocycles. The Labute approximate surface area is 93.0 Å². The number of esters is 1. The van der Waals surface area contributed by atoms with E-state index in [0.717, 1.165) is 12.8 Å². The molecule has 2 aliphatic heterocycles. The minimum atomic E-state index is -1.52. The van der Waals surface area contributed by atoms with Crippen LogP contribution in [0.5, 0.6) is 0 Å². The predicted octanol–water partition coefficient (Wildman–Crippen LogP) is 0.392. The molecule has 0 spiro atoms. The lowest BCUT2D eigenvalue weighted by Gasteiger charge is -2.35. The molecular formula is C11H14O5. The van der Waals surface area contributed by atoms with Gasteiger partial charge in [0.15, 0.2) is 0 Å². The minimum Gasteiger partial charge on any atom is -0.466 e. The number of rotatable bonds is 1. The Hall–Kier alpha value is -1.07. The van der Waals surface area contributed by atoms with Crippen molar-refractivity contribution in [3.63, 3.8) is 0 Å². The van der Waals surface area contributed by atoms with Crippen LogP contribution in [0.2, 0.25) is 0 Å². The second-order valence-electron chi connectivity index (χ2n) is 4.59. The van der Waals surface area contributed by atoms with Gasteiger partial charge >= 0.3 is 11.9 Å². The monoisotopic (exact) mass is 226 g/mol. The molecule has 0 bridgehead atoms. The van der Waals surface area contributed by atoms with Crippen molar-refractivity contribution in [1.82, 2.24) is 0 Å². The highest BCUT2D eigenvalue weighted by Gasteiger charge is 2.61. The normalized spacial score (nSPS) is 44.6. The summed E-state index contributed by atoms with van der Waals surface area (Å²) in [7, 11) is 1.35. The fraction of sp³-hybridized carbons (Fsp3) is 0.727. The number of methoxy groups -OCH3 is 1. The first-order chi connectivity index (χ1) is 7.65. The largest absolute Gasteiger partial charge is 0.466 e. The van der Waals surface area contributed by atoms with Gasteiger partial charge in [0.2, 0.25) is 0 Å². The molecule has 5 nitrogen and oxygen atoms in total. The van der Waals surface area contributed by atoms with E-state index in [0.29, 0.717) is 12.2 Å². The van der Waals surface area contributed by atoms with Gasteiger partial charge in [0, 0.05) is 5.92 Å². The maximum atomic E-state index is 11.6. The van der Waals surface area contributed by atoms with Crippen molar-refractivity contribution in [2.45, 2.75) is 18.8 Å². The second kappa shape index (κ2) is 3.21. The van der Waals surface area contributed by atoms with Gasteiger partial charge < -0.3 is 19.3 Å². The maximum Gasteiger partial charge on any atom is 0.337 e. The fourth-order valence-electron chi connectivity index (χ4n) is 3.16. The molecule has 0 aromatic rings. The second-order valence-corrected chi connectivity index (χ2v) is 4.59. The van der Waals surface area contributed by atoms with Gasteiger partial charge in [-0.25, -0.2) is 4.79 Å². The highest BCUT2D eigenvalue weighted by molar-refractivity contribution is 5.89. The van der Waals surface area contributed by atoms with Crippen molar-refractivity contribution in [3.8, 4) is 0 Å².